The van der Waals surface area contributed by atoms with Crippen LogP contribution in [0.4, 0.5) is 0 Å². The predicted octanol–water partition coefficient (Wildman–Crippen LogP) is 3.62. The maximum absolute atomic E-state index is 12.0. The Bertz CT molecular complexity index is 585. The molecule has 0 bridgehead atoms. The van der Waals surface area contributed by atoms with Gasteiger partial charge in [0.1, 0.15) is 17.3 Å². The minimum atomic E-state index is -0.135. The third kappa shape index (κ3) is 3.85. The van der Waals surface area contributed by atoms with E-state index in [4.69, 9.17) is 9.47 Å². The molecule has 0 saturated heterocycles. The summed E-state index contributed by atoms with van der Waals surface area (Å²) >= 11 is 0. The van der Waals surface area contributed by atoms with Crippen molar-refractivity contribution in [2.24, 2.45) is 0 Å². The van der Waals surface area contributed by atoms with E-state index in [-0.39, 0.29) is 11.7 Å². The second kappa shape index (κ2) is 6.93. The van der Waals surface area contributed by atoms with Gasteiger partial charge in [-0.05, 0) is 48.7 Å². The highest BCUT2D eigenvalue weighted by molar-refractivity contribution is 5.83. The molecule has 2 aromatic carbocycles. The fraction of sp³-hybridized carbons (Fsp3) is 0.278. The highest BCUT2D eigenvalue weighted by Gasteiger charge is 2.17. The molecule has 0 N–H and O–H groups in total. The van der Waals surface area contributed by atoms with Gasteiger partial charge < -0.3 is 9.47 Å². The third-order valence-corrected chi connectivity index (χ3v) is 3.61. The molecule has 2 aromatic rings. The molecular formula is C18H20O3. The number of benzene rings is 2. The molecule has 0 unspecified atom stereocenters. The van der Waals surface area contributed by atoms with Gasteiger partial charge in [-0.25, -0.2) is 0 Å². The zero-order valence-electron chi connectivity index (χ0n) is 12.6. The first-order valence-corrected chi connectivity index (χ1v) is 6.91. The first-order valence-electron chi connectivity index (χ1n) is 6.91. The Morgan fingerprint density at radius 3 is 1.81 bits per heavy atom. The summed E-state index contributed by atoms with van der Waals surface area (Å²) in [4.78, 5) is 12.0. The van der Waals surface area contributed by atoms with Gasteiger partial charge in [0.05, 0.1) is 14.2 Å². The molecule has 0 fully saturated rings. The van der Waals surface area contributed by atoms with Gasteiger partial charge in [-0.2, -0.15) is 0 Å². The van der Waals surface area contributed by atoms with Crippen LogP contribution in [0, 0.1) is 0 Å². The zero-order valence-corrected chi connectivity index (χ0v) is 12.6. The molecule has 0 aromatic heterocycles. The van der Waals surface area contributed by atoms with Gasteiger partial charge in [0, 0.05) is 5.92 Å². The fourth-order valence-corrected chi connectivity index (χ4v) is 2.33. The Labute approximate surface area is 125 Å². The number of methoxy groups -OCH3 is 2. The number of hydrogen-bond acceptors (Lipinski definition) is 3. The maximum Gasteiger partial charge on any atom is 0.137 e. The van der Waals surface area contributed by atoms with Crippen molar-refractivity contribution < 1.29 is 14.3 Å². The number of Topliss-reactive ketones (excluding diaryl/α,β-unsaturated/α-hetero) is 1. The van der Waals surface area contributed by atoms with E-state index in [9.17, 15) is 4.79 Å². The van der Waals surface area contributed by atoms with Crippen molar-refractivity contribution >= 4 is 5.78 Å². The van der Waals surface area contributed by atoms with Crippen LogP contribution in [-0.2, 0) is 11.2 Å². The molecule has 3 heteroatoms. The average Bonchev–Trinajstić information content (AvgIpc) is 2.53. The first-order chi connectivity index (χ1) is 10.1. The summed E-state index contributed by atoms with van der Waals surface area (Å²) < 4.78 is 10.3. The highest BCUT2D eigenvalue weighted by Crippen LogP contribution is 2.25. The molecule has 0 aliphatic carbocycles. The minimum Gasteiger partial charge on any atom is -0.497 e. The summed E-state index contributed by atoms with van der Waals surface area (Å²) in [6.07, 6.45) is 0.686. The summed E-state index contributed by atoms with van der Waals surface area (Å²) in [6, 6.07) is 15.5. The quantitative estimate of drug-likeness (QED) is 0.812. The predicted molar refractivity (Wildman–Crippen MR) is 83.1 cm³/mol. The number of ether oxygens (including phenoxy) is 2. The maximum atomic E-state index is 12.0. The molecule has 0 radical (unpaired) electrons. The van der Waals surface area contributed by atoms with Crippen molar-refractivity contribution in [2.45, 2.75) is 19.3 Å². The Hall–Kier alpha value is -2.29. The van der Waals surface area contributed by atoms with Gasteiger partial charge in [0.25, 0.3) is 0 Å². The lowest BCUT2D eigenvalue weighted by molar-refractivity contribution is -0.118. The molecule has 0 aliphatic rings. The van der Waals surface area contributed by atoms with E-state index in [1.54, 1.807) is 21.1 Å². The molecule has 0 spiro atoms. The smallest absolute Gasteiger partial charge is 0.137 e. The first kappa shape index (κ1) is 15.1. The van der Waals surface area contributed by atoms with Crippen LogP contribution in [0.5, 0.6) is 11.5 Å². The van der Waals surface area contributed by atoms with E-state index in [1.165, 1.54) is 0 Å². The second-order valence-corrected chi connectivity index (χ2v) is 4.99. The largest absolute Gasteiger partial charge is 0.497 e. The van der Waals surface area contributed by atoms with Crippen molar-refractivity contribution in [1.82, 2.24) is 0 Å². The van der Waals surface area contributed by atoms with Crippen LogP contribution in [-0.4, -0.2) is 20.0 Å². The van der Waals surface area contributed by atoms with Crippen molar-refractivity contribution in [2.75, 3.05) is 14.2 Å². The summed E-state index contributed by atoms with van der Waals surface area (Å²) in [7, 11) is 3.28. The number of ketones is 1. The Morgan fingerprint density at radius 1 is 0.905 bits per heavy atom. The number of carbonyl (C=O) groups excluding carboxylic acids is 1. The van der Waals surface area contributed by atoms with E-state index in [2.05, 4.69) is 0 Å². The van der Waals surface area contributed by atoms with Crippen molar-refractivity contribution in [3.63, 3.8) is 0 Å². The van der Waals surface area contributed by atoms with E-state index < -0.39 is 0 Å². The Morgan fingerprint density at radius 2 is 1.38 bits per heavy atom. The molecule has 21 heavy (non-hydrogen) atoms. The lowest BCUT2D eigenvalue weighted by atomic mass is 9.89. The van der Waals surface area contributed by atoms with E-state index in [1.807, 2.05) is 48.5 Å². The van der Waals surface area contributed by atoms with Crippen LogP contribution in [0.15, 0.2) is 48.5 Å². The Kier molecular flexibility index (Phi) is 4.99. The molecular weight excluding hydrogens is 264 g/mol. The molecule has 1 atom stereocenters. The van der Waals surface area contributed by atoms with Crippen LogP contribution in [0.2, 0.25) is 0 Å². The van der Waals surface area contributed by atoms with Crippen LogP contribution < -0.4 is 9.47 Å². The van der Waals surface area contributed by atoms with Crippen LogP contribution in [0.25, 0.3) is 0 Å². The molecule has 3 nitrogen and oxygen atoms in total. The van der Waals surface area contributed by atoms with Gasteiger partial charge in [0.15, 0.2) is 0 Å². The third-order valence-electron chi connectivity index (χ3n) is 3.61. The van der Waals surface area contributed by atoms with Gasteiger partial charge in [-0.15, -0.1) is 0 Å². The van der Waals surface area contributed by atoms with Crippen molar-refractivity contribution in [3.05, 3.63) is 59.7 Å². The standard InChI is InChI=1S/C18H20O3/c1-13(19)18(15-6-10-17(21-3)11-7-15)12-14-4-8-16(20-2)9-5-14/h4-11,18H,12H2,1-3H3/t18-/m0/s1. The SMILES string of the molecule is COc1ccc(C[C@@H](C(C)=O)c2ccc(OC)cc2)cc1. The lowest BCUT2D eigenvalue weighted by Crippen LogP contribution is -2.12. The monoisotopic (exact) mass is 284 g/mol. The van der Waals surface area contributed by atoms with Gasteiger partial charge >= 0.3 is 0 Å². The zero-order chi connectivity index (χ0) is 15.2. The molecule has 0 amide bonds. The fourth-order valence-electron chi connectivity index (χ4n) is 2.33. The highest BCUT2D eigenvalue weighted by atomic mass is 16.5. The molecule has 0 heterocycles. The second-order valence-electron chi connectivity index (χ2n) is 4.99. The molecule has 0 saturated carbocycles. The molecule has 2 rings (SSSR count). The summed E-state index contributed by atoms with van der Waals surface area (Å²) in [5, 5.41) is 0. The number of hydrogen-bond donors (Lipinski definition) is 0. The van der Waals surface area contributed by atoms with Crippen molar-refractivity contribution in [3.8, 4) is 11.5 Å². The average molecular weight is 284 g/mol. The van der Waals surface area contributed by atoms with Gasteiger partial charge in [-0.1, -0.05) is 24.3 Å². The summed E-state index contributed by atoms with van der Waals surface area (Å²) in [5.41, 5.74) is 2.13. The lowest BCUT2D eigenvalue weighted by Gasteiger charge is -2.15. The van der Waals surface area contributed by atoms with Crippen LogP contribution >= 0.6 is 0 Å². The normalized spacial score (nSPS) is 11.8. The van der Waals surface area contributed by atoms with E-state index in [0.717, 1.165) is 22.6 Å². The summed E-state index contributed by atoms with van der Waals surface area (Å²) in [6.45, 7) is 1.64. The summed E-state index contributed by atoms with van der Waals surface area (Å²) in [5.74, 6) is 1.65. The van der Waals surface area contributed by atoms with Crippen LogP contribution in [0.3, 0.4) is 0 Å². The van der Waals surface area contributed by atoms with Crippen LogP contribution in [0.1, 0.15) is 24.0 Å². The topological polar surface area (TPSA) is 35.5 Å². The molecule has 110 valence electrons. The number of carbonyl (C=O) groups is 1. The van der Waals surface area contributed by atoms with E-state index in [0.29, 0.717) is 6.42 Å². The Balaban J connectivity index is 2.19. The minimum absolute atomic E-state index is 0.135. The van der Waals surface area contributed by atoms with Gasteiger partial charge in [-0.3, -0.25) is 4.79 Å². The molecule has 0 aliphatic heterocycles. The number of rotatable bonds is 6. The van der Waals surface area contributed by atoms with E-state index >= 15 is 0 Å². The van der Waals surface area contributed by atoms with Gasteiger partial charge in [0.2, 0.25) is 0 Å². The van der Waals surface area contributed by atoms with Crippen molar-refractivity contribution in [1.29, 1.82) is 0 Å².